The van der Waals surface area contributed by atoms with Crippen LogP contribution in [-0.4, -0.2) is 32.3 Å². The molecule has 2 rings (SSSR count). The van der Waals surface area contributed by atoms with Crippen LogP contribution in [0.2, 0.25) is 0 Å². The quantitative estimate of drug-likeness (QED) is 0.824. The minimum Gasteiger partial charge on any atom is -0.480 e. The smallest absolute Gasteiger partial charge is 0.329 e. The van der Waals surface area contributed by atoms with Crippen molar-refractivity contribution in [1.29, 1.82) is 0 Å². The highest BCUT2D eigenvalue weighted by atomic mass is 16.4. The van der Waals surface area contributed by atoms with Crippen LogP contribution < -0.4 is 5.32 Å². The molecule has 1 aromatic heterocycles. The number of aliphatic carboxylic acids is 1. The molecule has 20 heavy (non-hydrogen) atoms. The monoisotopic (exact) mass is 279 g/mol. The molecule has 1 heterocycles. The lowest BCUT2D eigenvalue weighted by Crippen LogP contribution is -2.54. The van der Waals surface area contributed by atoms with Crippen molar-refractivity contribution < 1.29 is 14.7 Å². The van der Waals surface area contributed by atoms with Gasteiger partial charge >= 0.3 is 5.97 Å². The first kappa shape index (κ1) is 14.6. The van der Waals surface area contributed by atoms with Crippen molar-refractivity contribution in [3.63, 3.8) is 0 Å². The van der Waals surface area contributed by atoms with Gasteiger partial charge in [-0.3, -0.25) is 9.48 Å². The van der Waals surface area contributed by atoms with Crippen molar-refractivity contribution in [1.82, 2.24) is 15.1 Å². The molecule has 1 fully saturated rings. The van der Waals surface area contributed by atoms with Crippen LogP contribution in [0.25, 0.3) is 0 Å². The van der Waals surface area contributed by atoms with Gasteiger partial charge in [0, 0.05) is 12.7 Å². The van der Waals surface area contributed by atoms with Crippen LogP contribution >= 0.6 is 0 Å². The van der Waals surface area contributed by atoms with Crippen molar-refractivity contribution in [2.75, 3.05) is 0 Å². The van der Waals surface area contributed by atoms with Gasteiger partial charge in [-0.25, -0.2) is 4.79 Å². The van der Waals surface area contributed by atoms with Gasteiger partial charge in [0.05, 0.1) is 11.8 Å². The van der Waals surface area contributed by atoms with Crippen molar-refractivity contribution in [2.24, 2.45) is 7.05 Å². The number of nitrogens with zero attached hydrogens (tertiary/aromatic N) is 2. The summed E-state index contributed by atoms with van der Waals surface area (Å²) in [4.78, 5) is 24.0. The lowest BCUT2D eigenvalue weighted by molar-refractivity contribution is -0.145. The molecule has 6 nitrogen and oxygen atoms in total. The summed E-state index contributed by atoms with van der Waals surface area (Å²) in [5.74, 6) is -1.28. The van der Waals surface area contributed by atoms with Crippen LogP contribution in [0.3, 0.4) is 0 Å². The van der Waals surface area contributed by atoms with E-state index in [1.54, 1.807) is 18.7 Å². The summed E-state index contributed by atoms with van der Waals surface area (Å²) in [6.07, 6.45) is 6.18. The predicted octanol–water partition coefficient (Wildman–Crippen LogP) is 1.64. The minimum atomic E-state index is -1.13. The van der Waals surface area contributed by atoms with Crippen molar-refractivity contribution in [2.45, 2.75) is 51.0 Å². The molecule has 0 saturated heterocycles. The Bertz CT molecular complexity index is 514. The zero-order valence-electron chi connectivity index (χ0n) is 12.0. The molecule has 0 aromatic carbocycles. The summed E-state index contributed by atoms with van der Waals surface area (Å²) in [7, 11) is 1.75. The Morgan fingerprint density at radius 1 is 1.30 bits per heavy atom. The third-order valence-corrected chi connectivity index (χ3v) is 4.20. The number of hydrogen-bond acceptors (Lipinski definition) is 3. The van der Waals surface area contributed by atoms with E-state index in [4.69, 9.17) is 0 Å². The Labute approximate surface area is 118 Å². The summed E-state index contributed by atoms with van der Waals surface area (Å²) in [5, 5.41) is 16.3. The topological polar surface area (TPSA) is 84.2 Å². The van der Waals surface area contributed by atoms with Gasteiger partial charge in [0.2, 0.25) is 0 Å². The molecule has 1 amide bonds. The first-order valence-corrected chi connectivity index (χ1v) is 7.01. The summed E-state index contributed by atoms with van der Waals surface area (Å²) in [6.45, 7) is 1.79. The van der Waals surface area contributed by atoms with E-state index in [0.717, 1.165) is 31.4 Å². The van der Waals surface area contributed by atoms with E-state index in [9.17, 15) is 14.7 Å². The molecular formula is C14H21N3O3. The maximum Gasteiger partial charge on any atom is 0.329 e. The van der Waals surface area contributed by atoms with E-state index < -0.39 is 11.5 Å². The van der Waals surface area contributed by atoms with Crippen molar-refractivity contribution in [3.8, 4) is 0 Å². The number of carbonyl (C=O) groups excluding carboxylic acids is 1. The number of carboxylic acids is 1. The standard InChI is InChI=1S/C14H21N3O3/c1-10-11(9-15-17(10)2)12(18)16-14(13(19)20)7-5-3-4-6-8-14/h9H,3-8H2,1-2H3,(H,16,18)(H,19,20). The SMILES string of the molecule is Cc1c(C(=O)NC2(C(=O)O)CCCCCC2)cnn1C. The normalized spacial score (nSPS) is 18.3. The molecule has 0 aliphatic heterocycles. The third-order valence-electron chi connectivity index (χ3n) is 4.20. The fourth-order valence-electron chi connectivity index (χ4n) is 2.73. The Hall–Kier alpha value is -1.85. The molecular weight excluding hydrogens is 258 g/mol. The number of aryl methyl sites for hydroxylation is 1. The molecule has 0 spiro atoms. The van der Waals surface area contributed by atoms with Gasteiger partial charge in [-0.05, 0) is 19.8 Å². The highest BCUT2D eigenvalue weighted by Crippen LogP contribution is 2.28. The van der Waals surface area contributed by atoms with E-state index in [-0.39, 0.29) is 5.91 Å². The Kier molecular flexibility index (Phi) is 4.11. The fourth-order valence-corrected chi connectivity index (χ4v) is 2.73. The maximum atomic E-state index is 12.3. The number of hydrogen-bond donors (Lipinski definition) is 2. The summed E-state index contributed by atoms with van der Waals surface area (Å²) >= 11 is 0. The van der Waals surface area contributed by atoms with Crippen molar-refractivity contribution >= 4 is 11.9 Å². The number of carbonyl (C=O) groups is 2. The highest BCUT2D eigenvalue weighted by molar-refractivity contribution is 5.98. The molecule has 1 aliphatic rings. The van der Waals surface area contributed by atoms with Gasteiger partial charge in [0.25, 0.3) is 5.91 Å². The van der Waals surface area contributed by atoms with Crippen LogP contribution in [0.5, 0.6) is 0 Å². The van der Waals surface area contributed by atoms with E-state index in [1.165, 1.54) is 6.20 Å². The minimum absolute atomic E-state index is 0.347. The van der Waals surface area contributed by atoms with E-state index >= 15 is 0 Å². The Morgan fingerprint density at radius 2 is 1.90 bits per heavy atom. The molecule has 1 aromatic rings. The van der Waals surface area contributed by atoms with Gasteiger partial charge in [-0.1, -0.05) is 25.7 Å². The van der Waals surface area contributed by atoms with Gasteiger partial charge in [0.15, 0.2) is 0 Å². The van der Waals surface area contributed by atoms with Gasteiger partial charge in [-0.2, -0.15) is 5.10 Å². The van der Waals surface area contributed by atoms with Gasteiger partial charge in [-0.15, -0.1) is 0 Å². The number of nitrogens with one attached hydrogen (secondary N) is 1. The second kappa shape index (κ2) is 5.64. The maximum absolute atomic E-state index is 12.3. The second-order valence-electron chi connectivity index (χ2n) is 5.52. The predicted molar refractivity (Wildman–Crippen MR) is 73.5 cm³/mol. The van der Waals surface area contributed by atoms with Crippen LogP contribution in [0.1, 0.15) is 54.6 Å². The largest absolute Gasteiger partial charge is 0.480 e. The van der Waals surface area contributed by atoms with E-state index in [0.29, 0.717) is 18.4 Å². The van der Waals surface area contributed by atoms with Crippen LogP contribution in [0.4, 0.5) is 0 Å². The van der Waals surface area contributed by atoms with Gasteiger partial charge < -0.3 is 10.4 Å². The third kappa shape index (κ3) is 2.69. The van der Waals surface area contributed by atoms with Crippen LogP contribution in [-0.2, 0) is 11.8 Å². The Morgan fingerprint density at radius 3 is 2.35 bits per heavy atom. The average molecular weight is 279 g/mol. The first-order chi connectivity index (χ1) is 9.46. The highest BCUT2D eigenvalue weighted by Gasteiger charge is 2.40. The molecule has 1 aliphatic carbocycles. The fraction of sp³-hybridized carbons (Fsp3) is 0.643. The lowest BCUT2D eigenvalue weighted by atomic mass is 9.90. The molecule has 0 bridgehead atoms. The van der Waals surface area contributed by atoms with Crippen LogP contribution in [0, 0.1) is 6.92 Å². The Balaban J connectivity index is 2.22. The van der Waals surface area contributed by atoms with Gasteiger partial charge in [0.1, 0.15) is 5.54 Å². The molecule has 0 radical (unpaired) electrons. The molecule has 1 saturated carbocycles. The van der Waals surface area contributed by atoms with E-state index in [1.807, 2.05) is 0 Å². The molecule has 110 valence electrons. The number of rotatable bonds is 3. The molecule has 2 N–H and O–H groups in total. The number of aromatic nitrogens is 2. The molecule has 6 heteroatoms. The first-order valence-electron chi connectivity index (χ1n) is 7.01. The second-order valence-corrected chi connectivity index (χ2v) is 5.52. The lowest BCUT2D eigenvalue weighted by Gasteiger charge is -2.29. The zero-order chi connectivity index (χ0) is 14.8. The van der Waals surface area contributed by atoms with E-state index in [2.05, 4.69) is 10.4 Å². The van der Waals surface area contributed by atoms with Crippen LogP contribution in [0.15, 0.2) is 6.20 Å². The van der Waals surface area contributed by atoms with Crippen molar-refractivity contribution in [3.05, 3.63) is 17.5 Å². The summed E-state index contributed by atoms with van der Waals surface area (Å²) < 4.78 is 1.61. The molecule has 0 unspecified atom stereocenters. The number of amides is 1. The summed E-state index contributed by atoms with van der Waals surface area (Å²) in [5.41, 5.74) is 0.0459. The number of carboxylic acid groups (broad SMARTS) is 1. The zero-order valence-corrected chi connectivity index (χ0v) is 12.0. The molecule has 0 atom stereocenters. The average Bonchev–Trinajstić information content (AvgIpc) is 2.63. The summed E-state index contributed by atoms with van der Waals surface area (Å²) in [6, 6.07) is 0.